The second-order valence-corrected chi connectivity index (χ2v) is 5.39. The molecule has 0 aliphatic rings. The second-order valence-electron chi connectivity index (χ2n) is 5.39. The lowest BCUT2D eigenvalue weighted by Crippen LogP contribution is -2.10. The van der Waals surface area contributed by atoms with Crippen molar-refractivity contribution in [3.05, 3.63) is 77.1 Å². The largest absolute Gasteiger partial charge is 0.350 e. The number of para-hydroxylation sites is 2. The first-order chi connectivity index (χ1) is 10.7. The smallest absolute Gasteiger partial charge is 0.198 e. The normalized spacial score (nSPS) is 11.1. The average molecular weight is 286 g/mol. The van der Waals surface area contributed by atoms with Gasteiger partial charge in [0, 0.05) is 24.0 Å². The van der Waals surface area contributed by atoms with Crippen LogP contribution in [-0.2, 0) is 7.05 Å². The van der Waals surface area contributed by atoms with Crippen LogP contribution in [0.1, 0.15) is 0 Å². The predicted octanol–water partition coefficient (Wildman–Crippen LogP) is 3.75. The summed E-state index contributed by atoms with van der Waals surface area (Å²) in [7, 11) is 1.95. The highest BCUT2D eigenvalue weighted by atomic mass is 16.1. The third-order valence-electron chi connectivity index (χ3n) is 3.97. The van der Waals surface area contributed by atoms with E-state index >= 15 is 0 Å². The van der Waals surface area contributed by atoms with Crippen LogP contribution in [0.2, 0.25) is 0 Å². The maximum atomic E-state index is 12.8. The van der Waals surface area contributed by atoms with Gasteiger partial charge >= 0.3 is 0 Å². The molecule has 0 aliphatic heterocycles. The van der Waals surface area contributed by atoms with Crippen molar-refractivity contribution in [1.29, 1.82) is 0 Å². The van der Waals surface area contributed by atoms with E-state index in [1.54, 1.807) is 0 Å². The van der Waals surface area contributed by atoms with Crippen molar-refractivity contribution in [2.75, 3.05) is 0 Å². The molecule has 0 fully saturated rings. The zero-order chi connectivity index (χ0) is 15.1. The Kier molecular flexibility index (Phi) is 2.79. The first kappa shape index (κ1) is 12.8. The van der Waals surface area contributed by atoms with Crippen LogP contribution in [0.25, 0.3) is 33.1 Å². The number of fused-ring (bicyclic) bond motifs is 2. The van der Waals surface area contributed by atoms with E-state index < -0.39 is 0 Å². The van der Waals surface area contributed by atoms with E-state index in [4.69, 9.17) is 0 Å². The second kappa shape index (κ2) is 4.81. The highest BCUT2D eigenvalue weighted by Crippen LogP contribution is 2.20. The molecule has 2 aromatic heterocycles. The minimum absolute atomic E-state index is 0.0245. The highest BCUT2D eigenvalue weighted by Gasteiger charge is 2.10. The summed E-state index contributed by atoms with van der Waals surface area (Å²) >= 11 is 0. The number of benzene rings is 2. The Labute approximate surface area is 127 Å². The van der Waals surface area contributed by atoms with Gasteiger partial charge < -0.3 is 4.57 Å². The van der Waals surface area contributed by atoms with Gasteiger partial charge in [-0.25, -0.2) is 4.98 Å². The van der Waals surface area contributed by atoms with Gasteiger partial charge in [0.15, 0.2) is 5.43 Å². The lowest BCUT2D eigenvalue weighted by molar-refractivity contribution is 0.951. The lowest BCUT2D eigenvalue weighted by Gasteiger charge is -2.09. The maximum Gasteiger partial charge on any atom is 0.198 e. The van der Waals surface area contributed by atoms with E-state index in [1.807, 2.05) is 78.5 Å². The third-order valence-corrected chi connectivity index (χ3v) is 3.97. The summed E-state index contributed by atoms with van der Waals surface area (Å²) < 4.78 is 1.98. The molecule has 2 heterocycles. The Bertz CT molecular complexity index is 1060. The number of hydrogen-bond acceptors (Lipinski definition) is 2. The molecule has 0 N–H and O–H groups in total. The first-order valence-electron chi connectivity index (χ1n) is 7.18. The van der Waals surface area contributed by atoms with Crippen molar-refractivity contribution in [3.8, 4) is 11.3 Å². The molecule has 0 saturated heterocycles. The van der Waals surface area contributed by atoms with Gasteiger partial charge in [-0.3, -0.25) is 4.79 Å². The van der Waals surface area contributed by atoms with E-state index in [2.05, 4.69) is 4.98 Å². The van der Waals surface area contributed by atoms with Gasteiger partial charge in [-0.1, -0.05) is 36.4 Å². The van der Waals surface area contributed by atoms with Crippen LogP contribution >= 0.6 is 0 Å². The Morgan fingerprint density at radius 3 is 2.59 bits per heavy atom. The summed E-state index contributed by atoms with van der Waals surface area (Å²) in [6.45, 7) is 0. The van der Waals surface area contributed by atoms with E-state index in [9.17, 15) is 4.79 Å². The number of aryl methyl sites for hydroxylation is 1. The van der Waals surface area contributed by atoms with Crippen molar-refractivity contribution >= 4 is 21.8 Å². The van der Waals surface area contributed by atoms with Gasteiger partial charge in [0.05, 0.1) is 22.3 Å². The summed E-state index contributed by atoms with van der Waals surface area (Å²) in [4.78, 5) is 17.4. The van der Waals surface area contributed by atoms with Crippen molar-refractivity contribution in [2.45, 2.75) is 0 Å². The van der Waals surface area contributed by atoms with Crippen LogP contribution in [0.3, 0.4) is 0 Å². The molecule has 0 spiro atoms. The number of rotatable bonds is 1. The molecule has 0 amide bonds. The average Bonchev–Trinajstić information content (AvgIpc) is 2.58. The van der Waals surface area contributed by atoms with Gasteiger partial charge in [-0.15, -0.1) is 0 Å². The minimum Gasteiger partial charge on any atom is -0.350 e. The standard InChI is InChI=1S/C19H14N2O/c1-21-12-15(19(22)14-7-3-5-9-18(14)21)17-11-10-13-6-2-4-8-16(13)20-17/h2-12H,1H3. The van der Waals surface area contributed by atoms with Crippen molar-refractivity contribution < 1.29 is 0 Å². The van der Waals surface area contributed by atoms with Crippen molar-refractivity contribution in [1.82, 2.24) is 9.55 Å². The molecule has 0 saturated carbocycles. The quantitative estimate of drug-likeness (QED) is 0.534. The predicted molar refractivity (Wildman–Crippen MR) is 89.9 cm³/mol. The van der Waals surface area contributed by atoms with E-state index in [-0.39, 0.29) is 5.43 Å². The Hall–Kier alpha value is -2.94. The monoisotopic (exact) mass is 286 g/mol. The summed E-state index contributed by atoms with van der Waals surface area (Å²) in [5.74, 6) is 0. The van der Waals surface area contributed by atoms with E-state index in [0.717, 1.165) is 21.8 Å². The van der Waals surface area contributed by atoms with Crippen molar-refractivity contribution in [2.24, 2.45) is 7.05 Å². The maximum absolute atomic E-state index is 12.8. The zero-order valence-corrected chi connectivity index (χ0v) is 12.2. The summed E-state index contributed by atoms with van der Waals surface area (Å²) in [5.41, 5.74) is 3.20. The molecule has 22 heavy (non-hydrogen) atoms. The van der Waals surface area contributed by atoms with Crippen molar-refractivity contribution in [3.63, 3.8) is 0 Å². The first-order valence-corrected chi connectivity index (χ1v) is 7.18. The molecule has 0 aliphatic carbocycles. The fourth-order valence-electron chi connectivity index (χ4n) is 2.84. The Morgan fingerprint density at radius 1 is 0.909 bits per heavy atom. The van der Waals surface area contributed by atoms with Gasteiger partial charge in [0.1, 0.15) is 0 Å². The molecule has 106 valence electrons. The van der Waals surface area contributed by atoms with Crippen LogP contribution in [0.5, 0.6) is 0 Å². The molecule has 0 radical (unpaired) electrons. The molecular weight excluding hydrogens is 272 g/mol. The highest BCUT2D eigenvalue weighted by molar-refractivity contribution is 5.85. The third kappa shape index (κ3) is 1.91. The topological polar surface area (TPSA) is 34.9 Å². The molecule has 2 aromatic carbocycles. The Morgan fingerprint density at radius 2 is 1.68 bits per heavy atom. The van der Waals surface area contributed by atoms with Crippen LogP contribution in [0.15, 0.2) is 71.7 Å². The molecule has 4 rings (SSSR count). The molecular formula is C19H14N2O. The molecule has 3 heteroatoms. The number of aromatic nitrogens is 2. The minimum atomic E-state index is 0.0245. The van der Waals surface area contributed by atoms with Gasteiger partial charge in [-0.2, -0.15) is 0 Å². The fraction of sp³-hybridized carbons (Fsp3) is 0.0526. The van der Waals surface area contributed by atoms with E-state index in [1.165, 1.54) is 0 Å². The number of hydrogen-bond donors (Lipinski definition) is 0. The molecule has 0 atom stereocenters. The van der Waals surface area contributed by atoms with Crippen LogP contribution in [0.4, 0.5) is 0 Å². The summed E-state index contributed by atoms with van der Waals surface area (Å²) in [6, 6.07) is 19.5. The van der Waals surface area contributed by atoms with Gasteiger partial charge in [-0.05, 0) is 24.3 Å². The lowest BCUT2D eigenvalue weighted by atomic mass is 10.1. The van der Waals surface area contributed by atoms with Gasteiger partial charge in [0.25, 0.3) is 0 Å². The SMILES string of the molecule is Cn1cc(-c2ccc3ccccc3n2)c(=O)c2ccccc21. The fourth-order valence-corrected chi connectivity index (χ4v) is 2.84. The molecule has 0 unspecified atom stereocenters. The van der Waals surface area contributed by atoms with E-state index in [0.29, 0.717) is 11.3 Å². The molecule has 0 bridgehead atoms. The zero-order valence-electron chi connectivity index (χ0n) is 12.2. The molecule has 3 nitrogen and oxygen atoms in total. The number of nitrogens with zero attached hydrogens (tertiary/aromatic N) is 2. The van der Waals surface area contributed by atoms with Gasteiger partial charge in [0.2, 0.25) is 0 Å². The Balaban J connectivity index is 2.04. The molecule has 4 aromatic rings. The van der Waals surface area contributed by atoms with Crippen LogP contribution in [-0.4, -0.2) is 9.55 Å². The summed E-state index contributed by atoms with van der Waals surface area (Å²) in [6.07, 6.45) is 1.86. The van der Waals surface area contributed by atoms with Crippen LogP contribution in [0, 0.1) is 0 Å². The van der Waals surface area contributed by atoms with Crippen LogP contribution < -0.4 is 5.43 Å². The number of pyridine rings is 2. The summed E-state index contributed by atoms with van der Waals surface area (Å²) in [5, 5.41) is 1.79.